The van der Waals surface area contributed by atoms with Crippen LogP contribution in [0.5, 0.6) is 0 Å². The maximum absolute atomic E-state index is 6.04. The van der Waals surface area contributed by atoms with Gasteiger partial charge in [-0.25, -0.2) is 0 Å². The van der Waals surface area contributed by atoms with Crippen LogP contribution in [0.2, 0.25) is 0 Å². The van der Waals surface area contributed by atoms with Crippen molar-refractivity contribution >= 4 is 43.2 Å². The first-order valence-corrected chi connectivity index (χ1v) is 8.85. The average molecular weight is 396 g/mol. The summed E-state index contributed by atoms with van der Waals surface area (Å²) in [4.78, 5) is 3.97. The van der Waals surface area contributed by atoms with E-state index in [1.54, 1.807) is 11.3 Å². The highest BCUT2D eigenvalue weighted by Crippen LogP contribution is 2.40. The smallest absolute Gasteiger partial charge is 0.0843 e. The van der Waals surface area contributed by atoms with Gasteiger partial charge in [0.1, 0.15) is 0 Å². The van der Waals surface area contributed by atoms with Crippen molar-refractivity contribution in [3.8, 4) is 0 Å². The predicted molar refractivity (Wildman–Crippen MR) is 86.1 cm³/mol. The number of hydrogen-bond acceptors (Lipinski definition) is 3. The molecule has 1 aromatic heterocycles. The third kappa shape index (κ3) is 3.01. The zero-order valence-corrected chi connectivity index (χ0v) is 14.8. The van der Waals surface area contributed by atoms with Crippen LogP contribution in [0.3, 0.4) is 0 Å². The molecule has 2 rings (SSSR count). The molecule has 1 fully saturated rings. The number of nitrogens with zero attached hydrogens (tertiary/aromatic N) is 1. The summed E-state index contributed by atoms with van der Waals surface area (Å²) in [7, 11) is 0. The van der Waals surface area contributed by atoms with Crippen molar-refractivity contribution in [1.82, 2.24) is 4.90 Å². The molecule has 1 aliphatic heterocycles. The molecule has 0 aromatic carbocycles. The Morgan fingerprint density at radius 1 is 1.50 bits per heavy atom. The van der Waals surface area contributed by atoms with Gasteiger partial charge in [0.05, 0.1) is 9.83 Å². The minimum atomic E-state index is 0.368. The Balaban J connectivity index is 2.22. The Hall–Kier alpha value is 0.580. The number of hydrogen-bond donors (Lipinski definition) is 1. The van der Waals surface area contributed by atoms with Gasteiger partial charge >= 0.3 is 0 Å². The van der Waals surface area contributed by atoms with E-state index in [9.17, 15) is 0 Å². The fourth-order valence-corrected chi connectivity index (χ4v) is 5.08. The Morgan fingerprint density at radius 3 is 2.72 bits per heavy atom. The first-order valence-electron chi connectivity index (χ1n) is 6.45. The minimum absolute atomic E-state index is 0.368. The molecule has 2 nitrogen and oxygen atoms in total. The van der Waals surface area contributed by atoms with Gasteiger partial charge in [0.2, 0.25) is 0 Å². The van der Waals surface area contributed by atoms with Gasteiger partial charge in [-0.2, -0.15) is 0 Å². The van der Waals surface area contributed by atoms with Crippen LogP contribution in [0.1, 0.15) is 37.6 Å². The molecule has 0 aliphatic carbocycles. The van der Waals surface area contributed by atoms with Crippen molar-refractivity contribution < 1.29 is 0 Å². The molecule has 0 radical (unpaired) electrons. The van der Waals surface area contributed by atoms with Gasteiger partial charge in [-0.15, -0.1) is 11.3 Å². The second kappa shape index (κ2) is 6.35. The lowest BCUT2D eigenvalue weighted by Crippen LogP contribution is -2.39. The molecule has 18 heavy (non-hydrogen) atoms. The largest absolute Gasteiger partial charge is 0.329 e. The van der Waals surface area contributed by atoms with Crippen LogP contribution in [0, 0.1) is 5.92 Å². The van der Waals surface area contributed by atoms with E-state index in [0.29, 0.717) is 24.5 Å². The fraction of sp³-hybridized carbons (Fsp3) is 0.692. The quantitative estimate of drug-likeness (QED) is 0.818. The molecule has 2 unspecified atom stereocenters. The second-order valence-corrected chi connectivity index (χ2v) is 8.47. The lowest BCUT2D eigenvalue weighted by Gasteiger charge is -2.34. The van der Waals surface area contributed by atoms with Crippen LogP contribution in [0.25, 0.3) is 0 Å². The lowest BCUT2D eigenvalue weighted by molar-refractivity contribution is 0.151. The summed E-state index contributed by atoms with van der Waals surface area (Å²) >= 11 is 8.94. The van der Waals surface area contributed by atoms with Crippen molar-refractivity contribution in [2.24, 2.45) is 11.7 Å². The van der Waals surface area contributed by atoms with E-state index in [2.05, 4.69) is 56.7 Å². The fourth-order valence-electron chi connectivity index (χ4n) is 2.86. The van der Waals surface area contributed by atoms with Crippen LogP contribution >= 0.6 is 43.2 Å². The highest BCUT2D eigenvalue weighted by Gasteiger charge is 2.33. The zero-order valence-electron chi connectivity index (χ0n) is 10.8. The molecule has 2 heterocycles. The molecule has 1 aromatic rings. The molecular weight excluding hydrogens is 376 g/mol. The Morgan fingerprint density at radius 2 is 2.22 bits per heavy atom. The highest BCUT2D eigenvalue weighted by atomic mass is 79.9. The topological polar surface area (TPSA) is 29.3 Å². The Bertz CT molecular complexity index is 386. The summed E-state index contributed by atoms with van der Waals surface area (Å²) in [5.74, 6) is 0.702. The number of rotatable bonds is 4. The van der Waals surface area contributed by atoms with Gasteiger partial charge in [0.15, 0.2) is 0 Å². The van der Waals surface area contributed by atoms with Gasteiger partial charge in [-0.05, 0) is 63.2 Å². The average Bonchev–Trinajstić information content (AvgIpc) is 2.89. The van der Waals surface area contributed by atoms with E-state index in [1.165, 1.54) is 24.3 Å². The summed E-state index contributed by atoms with van der Waals surface area (Å²) in [6.07, 6.45) is 2.61. The van der Waals surface area contributed by atoms with Crippen molar-refractivity contribution in [2.45, 2.75) is 38.8 Å². The Kier molecular flexibility index (Phi) is 5.29. The Labute approximate surface area is 130 Å². The summed E-state index contributed by atoms with van der Waals surface area (Å²) < 4.78 is 2.30. The number of likely N-dealkylation sites (tertiary alicyclic amines) is 1. The van der Waals surface area contributed by atoms with Crippen molar-refractivity contribution in [2.75, 3.05) is 13.1 Å². The maximum atomic E-state index is 6.04. The van der Waals surface area contributed by atoms with E-state index in [4.69, 9.17) is 5.73 Å². The summed E-state index contributed by atoms with van der Waals surface area (Å²) in [6, 6.07) is 3.26. The van der Waals surface area contributed by atoms with Crippen LogP contribution in [0.4, 0.5) is 0 Å². The van der Waals surface area contributed by atoms with Gasteiger partial charge < -0.3 is 5.73 Å². The normalized spacial score (nSPS) is 22.9. The minimum Gasteiger partial charge on any atom is -0.329 e. The van der Waals surface area contributed by atoms with Gasteiger partial charge in [0.25, 0.3) is 0 Å². The summed E-state index contributed by atoms with van der Waals surface area (Å²) in [5, 5.41) is 0. The molecule has 0 bridgehead atoms. The zero-order chi connectivity index (χ0) is 13.3. The molecular formula is C13H20Br2N2S. The van der Waals surface area contributed by atoms with Crippen LogP contribution in [0.15, 0.2) is 14.3 Å². The lowest BCUT2D eigenvalue weighted by atomic mass is 10.0. The van der Waals surface area contributed by atoms with Crippen LogP contribution in [-0.2, 0) is 0 Å². The van der Waals surface area contributed by atoms with Crippen LogP contribution in [-0.4, -0.2) is 24.0 Å². The van der Waals surface area contributed by atoms with E-state index < -0.39 is 0 Å². The molecule has 5 heteroatoms. The molecule has 0 amide bonds. The molecule has 0 saturated carbocycles. The second-order valence-electron chi connectivity index (χ2n) is 5.21. The standard InChI is InChI=1S/C13H20Br2N2S/c1-8(2)10-4-3-5-17(10)11(7-16)12-6-9(14)13(15)18-12/h6,8,10-11H,3-5,7,16H2,1-2H3. The van der Waals surface area contributed by atoms with Crippen LogP contribution < -0.4 is 5.73 Å². The van der Waals surface area contributed by atoms with Crippen molar-refractivity contribution in [1.29, 1.82) is 0 Å². The molecule has 1 aliphatic rings. The van der Waals surface area contributed by atoms with Crippen molar-refractivity contribution in [3.05, 3.63) is 19.2 Å². The van der Waals surface area contributed by atoms with Gasteiger partial charge in [0, 0.05) is 21.9 Å². The number of halogens is 2. The molecule has 1 saturated heterocycles. The van der Waals surface area contributed by atoms with E-state index in [0.717, 1.165) is 8.26 Å². The first kappa shape index (κ1) is 15.0. The first-order chi connectivity index (χ1) is 8.54. The van der Waals surface area contributed by atoms with E-state index in [-0.39, 0.29) is 0 Å². The van der Waals surface area contributed by atoms with E-state index in [1.807, 2.05) is 0 Å². The van der Waals surface area contributed by atoms with Crippen molar-refractivity contribution in [3.63, 3.8) is 0 Å². The van der Waals surface area contributed by atoms with E-state index >= 15 is 0 Å². The molecule has 0 spiro atoms. The van der Waals surface area contributed by atoms with Gasteiger partial charge in [-0.1, -0.05) is 13.8 Å². The highest BCUT2D eigenvalue weighted by molar-refractivity contribution is 9.13. The monoisotopic (exact) mass is 394 g/mol. The SMILES string of the molecule is CC(C)C1CCCN1C(CN)c1cc(Br)c(Br)s1. The molecule has 102 valence electrons. The third-order valence-corrected chi connectivity index (χ3v) is 7.09. The number of thiophene rings is 1. The molecule has 2 atom stereocenters. The van der Waals surface area contributed by atoms with Gasteiger partial charge in [-0.3, -0.25) is 4.90 Å². The molecule has 2 N–H and O–H groups in total. The maximum Gasteiger partial charge on any atom is 0.0843 e. The number of nitrogens with two attached hydrogens (primary N) is 1. The predicted octanol–water partition coefficient (Wildman–Crippen LogP) is 4.39. The third-order valence-electron chi connectivity index (χ3n) is 3.73. The summed E-state index contributed by atoms with van der Waals surface area (Å²) in [5.41, 5.74) is 6.04. The summed E-state index contributed by atoms with van der Waals surface area (Å²) in [6.45, 7) is 6.51.